The lowest BCUT2D eigenvalue weighted by molar-refractivity contribution is 0.599. The van der Waals surface area contributed by atoms with E-state index < -0.39 is 10.0 Å². The summed E-state index contributed by atoms with van der Waals surface area (Å²) in [5, 5.41) is 6.75. The SMILES string of the molecule is O=S1(=O)C=CC=CN1.c1ccc2c(c1)ccc1c3c(ccc12)CCCC3. The lowest BCUT2D eigenvalue weighted by Crippen LogP contribution is -2.15. The Morgan fingerprint density at radius 3 is 2.35 bits per heavy atom. The number of rotatable bonds is 0. The maximum Gasteiger partial charge on any atom is 0.254 e. The van der Waals surface area contributed by atoms with Gasteiger partial charge >= 0.3 is 0 Å². The number of hydrogen-bond acceptors (Lipinski definition) is 2. The number of sulfonamides is 1. The molecule has 0 bridgehead atoms. The smallest absolute Gasteiger partial charge is 0.254 e. The van der Waals surface area contributed by atoms with E-state index in [9.17, 15) is 8.42 Å². The van der Waals surface area contributed by atoms with E-state index in [2.05, 4.69) is 53.3 Å². The molecule has 0 unspecified atom stereocenters. The van der Waals surface area contributed by atoms with Gasteiger partial charge in [0.25, 0.3) is 10.0 Å². The van der Waals surface area contributed by atoms with Crippen molar-refractivity contribution in [2.75, 3.05) is 0 Å². The highest BCUT2D eigenvalue weighted by Gasteiger charge is 2.13. The topological polar surface area (TPSA) is 46.2 Å². The van der Waals surface area contributed by atoms with E-state index in [0.29, 0.717) is 0 Å². The number of allylic oxidation sites excluding steroid dienone is 2. The van der Waals surface area contributed by atoms with Crippen molar-refractivity contribution in [3.05, 3.63) is 83.4 Å². The Labute approximate surface area is 154 Å². The predicted octanol–water partition coefficient (Wildman–Crippen LogP) is 4.82. The molecule has 3 aromatic carbocycles. The summed E-state index contributed by atoms with van der Waals surface area (Å²) in [6.07, 6.45) is 9.66. The lowest BCUT2D eigenvalue weighted by Gasteiger charge is -2.18. The van der Waals surface area contributed by atoms with E-state index in [-0.39, 0.29) is 0 Å². The third-order valence-corrected chi connectivity index (χ3v) is 5.93. The molecule has 0 atom stereocenters. The third kappa shape index (κ3) is 3.37. The zero-order chi connectivity index (χ0) is 18.0. The van der Waals surface area contributed by atoms with Crippen molar-refractivity contribution < 1.29 is 8.42 Å². The molecular formula is C22H21NO2S. The summed E-state index contributed by atoms with van der Waals surface area (Å²) in [5.41, 5.74) is 3.17. The molecule has 4 heteroatoms. The van der Waals surface area contributed by atoms with Gasteiger partial charge in [0.05, 0.1) is 5.41 Å². The Morgan fingerprint density at radius 2 is 1.58 bits per heavy atom. The molecule has 1 aliphatic carbocycles. The van der Waals surface area contributed by atoms with Gasteiger partial charge in [-0.3, -0.25) is 4.72 Å². The second kappa shape index (κ2) is 6.96. The van der Waals surface area contributed by atoms with Crippen LogP contribution in [0.4, 0.5) is 0 Å². The Kier molecular flexibility index (Phi) is 4.51. The zero-order valence-electron chi connectivity index (χ0n) is 14.5. The maximum atomic E-state index is 10.4. The van der Waals surface area contributed by atoms with Gasteiger partial charge in [0, 0.05) is 6.20 Å². The molecule has 3 nitrogen and oxygen atoms in total. The lowest BCUT2D eigenvalue weighted by atomic mass is 9.86. The minimum atomic E-state index is -3.10. The van der Waals surface area contributed by atoms with Crippen LogP contribution in [0.1, 0.15) is 24.0 Å². The Morgan fingerprint density at radius 1 is 0.769 bits per heavy atom. The van der Waals surface area contributed by atoms with Crippen LogP contribution >= 0.6 is 0 Å². The first-order valence-electron chi connectivity index (χ1n) is 8.92. The van der Waals surface area contributed by atoms with Crippen LogP contribution in [-0.2, 0) is 22.9 Å². The van der Waals surface area contributed by atoms with Gasteiger partial charge in [0.2, 0.25) is 0 Å². The number of benzene rings is 3. The van der Waals surface area contributed by atoms with Gasteiger partial charge in [-0.25, -0.2) is 8.42 Å². The minimum Gasteiger partial charge on any atom is -0.287 e. The van der Waals surface area contributed by atoms with Gasteiger partial charge in [-0.2, -0.15) is 0 Å². The van der Waals surface area contributed by atoms with Gasteiger partial charge in [0.1, 0.15) is 0 Å². The van der Waals surface area contributed by atoms with Crippen LogP contribution in [-0.4, -0.2) is 8.42 Å². The van der Waals surface area contributed by atoms with Crippen molar-refractivity contribution in [2.45, 2.75) is 25.7 Å². The van der Waals surface area contributed by atoms with Crippen LogP contribution in [0.3, 0.4) is 0 Å². The molecule has 26 heavy (non-hydrogen) atoms. The van der Waals surface area contributed by atoms with Crippen LogP contribution in [0, 0.1) is 0 Å². The first kappa shape index (κ1) is 16.9. The molecule has 0 saturated heterocycles. The molecule has 0 radical (unpaired) electrons. The van der Waals surface area contributed by atoms with Crippen molar-refractivity contribution in [2.24, 2.45) is 0 Å². The van der Waals surface area contributed by atoms with Crippen molar-refractivity contribution in [1.29, 1.82) is 0 Å². The number of hydrogen-bond donors (Lipinski definition) is 1. The van der Waals surface area contributed by atoms with Gasteiger partial charge in [0.15, 0.2) is 0 Å². The first-order chi connectivity index (χ1) is 12.6. The van der Waals surface area contributed by atoms with E-state index in [1.54, 1.807) is 17.2 Å². The zero-order valence-corrected chi connectivity index (χ0v) is 15.3. The second-order valence-electron chi connectivity index (χ2n) is 6.64. The first-order valence-corrected chi connectivity index (χ1v) is 10.5. The van der Waals surface area contributed by atoms with Crippen molar-refractivity contribution in [3.63, 3.8) is 0 Å². The Balaban J connectivity index is 0.000000178. The Bertz CT molecular complexity index is 1130. The normalized spacial score (nSPS) is 17.2. The summed E-state index contributed by atoms with van der Waals surface area (Å²) < 4.78 is 23.0. The fourth-order valence-electron chi connectivity index (χ4n) is 3.72. The van der Waals surface area contributed by atoms with E-state index in [0.717, 1.165) is 5.41 Å². The molecule has 0 aromatic heterocycles. The summed E-state index contributed by atoms with van der Waals surface area (Å²) in [6.45, 7) is 0. The number of nitrogens with one attached hydrogen (secondary N) is 1. The summed E-state index contributed by atoms with van der Waals surface area (Å²) >= 11 is 0. The average Bonchev–Trinajstić information content (AvgIpc) is 2.68. The van der Waals surface area contributed by atoms with Gasteiger partial charge in [-0.1, -0.05) is 48.5 Å². The summed E-state index contributed by atoms with van der Waals surface area (Å²) in [5.74, 6) is 0. The van der Waals surface area contributed by atoms with Crippen LogP contribution in [0.2, 0.25) is 0 Å². The monoisotopic (exact) mass is 363 g/mol. The fourth-order valence-corrected chi connectivity index (χ4v) is 4.36. The molecule has 1 aliphatic heterocycles. The highest BCUT2D eigenvalue weighted by molar-refractivity contribution is 7.92. The largest absolute Gasteiger partial charge is 0.287 e. The molecular weight excluding hydrogens is 342 g/mol. The summed E-state index contributed by atoms with van der Waals surface area (Å²) in [6, 6.07) is 18.0. The van der Waals surface area contributed by atoms with Crippen molar-refractivity contribution in [1.82, 2.24) is 4.72 Å². The van der Waals surface area contributed by atoms with Gasteiger partial charge in [-0.15, -0.1) is 0 Å². The molecule has 1 heterocycles. The maximum absolute atomic E-state index is 10.4. The minimum absolute atomic E-state index is 1.10. The van der Waals surface area contributed by atoms with Crippen LogP contribution < -0.4 is 4.72 Å². The molecule has 132 valence electrons. The number of fused-ring (bicyclic) bond motifs is 5. The van der Waals surface area contributed by atoms with Gasteiger partial charge < -0.3 is 0 Å². The highest BCUT2D eigenvalue weighted by atomic mass is 32.2. The molecule has 1 N–H and O–H groups in total. The van der Waals surface area contributed by atoms with E-state index in [1.807, 2.05) is 0 Å². The third-order valence-electron chi connectivity index (χ3n) is 4.95. The second-order valence-corrected chi connectivity index (χ2v) is 8.24. The van der Waals surface area contributed by atoms with E-state index >= 15 is 0 Å². The fraction of sp³-hybridized carbons (Fsp3) is 0.182. The molecule has 0 spiro atoms. The average molecular weight is 363 g/mol. The van der Waals surface area contributed by atoms with Crippen molar-refractivity contribution in [3.8, 4) is 0 Å². The summed E-state index contributed by atoms with van der Waals surface area (Å²) in [4.78, 5) is 0. The van der Waals surface area contributed by atoms with Crippen molar-refractivity contribution >= 4 is 31.6 Å². The molecule has 0 fully saturated rings. The number of aryl methyl sites for hydroxylation is 2. The quantitative estimate of drug-likeness (QED) is 0.582. The van der Waals surface area contributed by atoms with Crippen LogP contribution in [0.15, 0.2) is 72.3 Å². The summed E-state index contributed by atoms with van der Waals surface area (Å²) in [7, 11) is -3.10. The van der Waals surface area contributed by atoms with Crippen LogP contribution in [0.25, 0.3) is 21.5 Å². The van der Waals surface area contributed by atoms with Crippen LogP contribution in [0.5, 0.6) is 0 Å². The van der Waals surface area contributed by atoms with E-state index in [1.165, 1.54) is 59.5 Å². The molecule has 3 aromatic rings. The van der Waals surface area contributed by atoms with Gasteiger partial charge in [-0.05, 0) is 70.5 Å². The molecule has 2 aliphatic rings. The molecule has 0 saturated carbocycles. The predicted molar refractivity (Wildman–Crippen MR) is 108 cm³/mol. The Hall–Kier alpha value is -2.59. The standard InChI is InChI=1S/C18H16.C4H5NO2S/c1-3-7-15-13(5-1)9-11-18-16-8-4-2-6-14(16)10-12-17(15)18;6-8(7)4-2-1-3-5-8/h1,3,5,7,9-12H,2,4,6,8H2;1-5H. The highest BCUT2D eigenvalue weighted by Crippen LogP contribution is 2.33. The molecule has 0 amide bonds. The van der Waals surface area contributed by atoms with E-state index in [4.69, 9.17) is 0 Å². The molecule has 5 rings (SSSR count).